The Morgan fingerprint density at radius 3 is 2.50 bits per heavy atom. The van der Waals surface area contributed by atoms with Gasteiger partial charge in [0, 0.05) is 38.3 Å². The van der Waals surface area contributed by atoms with E-state index in [4.69, 9.17) is 4.74 Å². The molecule has 3 aromatic rings. The molecule has 3 aromatic carbocycles. The summed E-state index contributed by atoms with van der Waals surface area (Å²) >= 11 is 4.36. The number of phenols is 1. The van der Waals surface area contributed by atoms with Crippen LogP contribution in [0.4, 0.5) is 5.69 Å². The summed E-state index contributed by atoms with van der Waals surface area (Å²) in [4.78, 5) is 26.8. The second-order valence-electron chi connectivity index (χ2n) is 8.06. The minimum Gasteiger partial charge on any atom is -0.507 e. The minimum atomic E-state index is -0.527. The summed E-state index contributed by atoms with van der Waals surface area (Å²) in [6.07, 6.45) is 0.692. The summed E-state index contributed by atoms with van der Waals surface area (Å²) in [7, 11) is 0. The molecule has 34 heavy (non-hydrogen) atoms. The lowest BCUT2D eigenvalue weighted by molar-refractivity contribution is 0.102. The first-order chi connectivity index (χ1) is 16.5. The molecule has 0 radical (unpaired) electrons. The quantitative estimate of drug-likeness (QED) is 0.337. The fourth-order valence-electron chi connectivity index (χ4n) is 3.81. The van der Waals surface area contributed by atoms with Gasteiger partial charge in [0.05, 0.1) is 11.3 Å². The number of nitrogens with one attached hydrogen (secondary N) is 1. The van der Waals surface area contributed by atoms with E-state index in [2.05, 4.69) is 23.0 Å². The molecule has 1 amide bonds. The lowest BCUT2D eigenvalue weighted by atomic mass is 10.0. The molecule has 1 heterocycles. The van der Waals surface area contributed by atoms with Gasteiger partial charge in [0.1, 0.15) is 18.1 Å². The van der Waals surface area contributed by atoms with E-state index in [1.54, 1.807) is 18.2 Å². The summed E-state index contributed by atoms with van der Waals surface area (Å²) in [5.41, 5.74) is 2.62. The molecular formula is C26H27N3O4S. The van der Waals surface area contributed by atoms with Crippen LogP contribution in [0.3, 0.4) is 0 Å². The summed E-state index contributed by atoms with van der Waals surface area (Å²) in [5, 5.41) is 13.1. The van der Waals surface area contributed by atoms with E-state index in [0.29, 0.717) is 29.9 Å². The van der Waals surface area contributed by atoms with Gasteiger partial charge in [-0.25, -0.2) is 0 Å². The highest BCUT2D eigenvalue weighted by Gasteiger charge is 2.17. The molecule has 8 heteroatoms. The van der Waals surface area contributed by atoms with Crippen molar-refractivity contribution in [1.29, 1.82) is 0 Å². The number of amides is 1. The molecule has 0 aliphatic carbocycles. The van der Waals surface area contributed by atoms with Crippen molar-refractivity contribution in [3.63, 3.8) is 0 Å². The number of aldehydes is 1. The molecule has 0 aromatic heterocycles. The molecule has 2 N–H and O–H groups in total. The number of piperazine rings is 1. The number of hydrogen-bond donors (Lipinski definition) is 3. The van der Waals surface area contributed by atoms with Crippen molar-refractivity contribution in [2.45, 2.75) is 0 Å². The zero-order valence-electron chi connectivity index (χ0n) is 18.7. The third-order valence-corrected chi connectivity index (χ3v) is 6.17. The van der Waals surface area contributed by atoms with Crippen molar-refractivity contribution in [3.8, 4) is 22.6 Å². The smallest absolute Gasteiger partial charge is 0.259 e. The fourth-order valence-corrected chi connectivity index (χ4v) is 3.99. The van der Waals surface area contributed by atoms with Crippen LogP contribution in [-0.4, -0.2) is 65.8 Å². The largest absolute Gasteiger partial charge is 0.507 e. The van der Waals surface area contributed by atoms with E-state index < -0.39 is 5.91 Å². The molecule has 0 saturated carbocycles. The number of phenolic OH excluding ortho intramolecular Hbond substituents is 1. The molecule has 1 saturated heterocycles. The normalized spacial score (nSPS) is 14.5. The molecule has 1 fully saturated rings. The average Bonchev–Trinajstić information content (AvgIpc) is 2.86. The van der Waals surface area contributed by atoms with E-state index in [9.17, 15) is 14.7 Å². The third-order valence-electron chi connectivity index (χ3n) is 5.77. The van der Waals surface area contributed by atoms with Gasteiger partial charge in [-0.1, -0.05) is 49.2 Å². The number of benzene rings is 3. The van der Waals surface area contributed by atoms with Crippen LogP contribution in [0.25, 0.3) is 11.1 Å². The Balaban J connectivity index is 1.45. The number of nitrogens with zero attached hydrogens (tertiary/aromatic N) is 2. The van der Waals surface area contributed by atoms with E-state index in [1.807, 2.05) is 40.7 Å². The maximum absolute atomic E-state index is 13.0. The zero-order valence-corrected chi connectivity index (χ0v) is 19.6. The monoisotopic (exact) mass is 477 g/mol. The molecule has 0 unspecified atom stereocenters. The Hall–Kier alpha value is -3.33. The number of thiol groups is 1. The Morgan fingerprint density at radius 1 is 1.00 bits per heavy atom. The van der Waals surface area contributed by atoms with Crippen LogP contribution in [0.5, 0.6) is 11.5 Å². The minimum absolute atomic E-state index is 0.0724. The van der Waals surface area contributed by atoms with Gasteiger partial charge in [-0.2, -0.15) is 0 Å². The highest BCUT2D eigenvalue weighted by Crippen LogP contribution is 2.28. The standard InChI is InChI=1S/C26H27N3O4S/c30-18-21-7-6-20(19-4-2-1-3-5-19)16-24(21)27-26(32)23-17-22(8-9-25(23)31)33-15-14-28-10-12-29(34)13-11-28/h1-9,16-18,31,34H,10-15H2,(H,27,32). The van der Waals surface area contributed by atoms with Gasteiger partial charge < -0.3 is 15.2 Å². The number of anilines is 1. The molecule has 176 valence electrons. The lowest BCUT2D eigenvalue weighted by Gasteiger charge is -2.31. The van der Waals surface area contributed by atoms with Crippen LogP contribution in [-0.2, 0) is 0 Å². The van der Waals surface area contributed by atoms with Crippen molar-refractivity contribution in [2.24, 2.45) is 0 Å². The summed E-state index contributed by atoms with van der Waals surface area (Å²) in [5.74, 6) is -0.202. The molecule has 0 spiro atoms. The van der Waals surface area contributed by atoms with Crippen LogP contribution >= 0.6 is 12.8 Å². The van der Waals surface area contributed by atoms with Gasteiger partial charge in [-0.15, -0.1) is 0 Å². The van der Waals surface area contributed by atoms with Gasteiger partial charge in [-0.3, -0.25) is 18.8 Å². The summed E-state index contributed by atoms with van der Waals surface area (Å²) in [6.45, 7) is 4.89. The molecule has 0 bridgehead atoms. The van der Waals surface area contributed by atoms with E-state index in [-0.39, 0.29) is 11.3 Å². The predicted octanol–water partition coefficient (Wildman–Crippen LogP) is 3.97. The van der Waals surface area contributed by atoms with E-state index >= 15 is 0 Å². The number of rotatable bonds is 8. The first-order valence-corrected chi connectivity index (χ1v) is 11.5. The van der Waals surface area contributed by atoms with Crippen LogP contribution < -0.4 is 10.1 Å². The molecule has 1 aliphatic rings. The van der Waals surface area contributed by atoms with Gasteiger partial charge >= 0.3 is 0 Å². The van der Waals surface area contributed by atoms with Crippen molar-refractivity contribution in [2.75, 3.05) is 44.6 Å². The number of hydrogen-bond acceptors (Lipinski definition) is 7. The maximum Gasteiger partial charge on any atom is 0.259 e. The first kappa shape index (κ1) is 23.8. The Labute approximate surface area is 204 Å². The van der Waals surface area contributed by atoms with Crippen LogP contribution in [0.15, 0.2) is 66.7 Å². The van der Waals surface area contributed by atoms with Crippen LogP contribution in [0, 0.1) is 0 Å². The van der Waals surface area contributed by atoms with Gasteiger partial charge in [0.2, 0.25) is 0 Å². The Kier molecular flexibility index (Phi) is 7.84. The zero-order chi connectivity index (χ0) is 23.9. The molecule has 1 aliphatic heterocycles. The highest BCUT2D eigenvalue weighted by molar-refractivity contribution is 7.77. The van der Waals surface area contributed by atoms with Crippen LogP contribution in [0.2, 0.25) is 0 Å². The van der Waals surface area contributed by atoms with E-state index in [0.717, 1.165) is 43.9 Å². The van der Waals surface area contributed by atoms with Crippen molar-refractivity contribution < 1.29 is 19.4 Å². The van der Waals surface area contributed by atoms with E-state index in [1.165, 1.54) is 12.1 Å². The Bertz CT molecular complexity index is 1150. The first-order valence-electron chi connectivity index (χ1n) is 11.1. The lowest BCUT2D eigenvalue weighted by Crippen LogP contribution is -2.43. The van der Waals surface area contributed by atoms with Crippen molar-refractivity contribution >= 4 is 30.7 Å². The SMILES string of the molecule is O=Cc1ccc(-c2ccccc2)cc1NC(=O)c1cc(OCCN2CCN(S)CC2)ccc1O. The van der Waals surface area contributed by atoms with Gasteiger partial charge in [0.15, 0.2) is 6.29 Å². The molecule has 7 nitrogen and oxygen atoms in total. The molecule has 4 rings (SSSR count). The third kappa shape index (κ3) is 5.96. The summed E-state index contributed by atoms with van der Waals surface area (Å²) < 4.78 is 7.83. The topological polar surface area (TPSA) is 82.1 Å². The van der Waals surface area contributed by atoms with Gasteiger partial charge in [0.25, 0.3) is 5.91 Å². The van der Waals surface area contributed by atoms with Crippen molar-refractivity contribution in [3.05, 3.63) is 77.9 Å². The fraction of sp³-hybridized carbons (Fsp3) is 0.231. The average molecular weight is 478 g/mol. The van der Waals surface area contributed by atoms with Crippen LogP contribution in [0.1, 0.15) is 20.7 Å². The predicted molar refractivity (Wildman–Crippen MR) is 136 cm³/mol. The number of aromatic hydroxyl groups is 1. The number of ether oxygens (including phenoxy) is 1. The second kappa shape index (κ2) is 11.2. The molecular weight excluding hydrogens is 450 g/mol. The van der Waals surface area contributed by atoms with Gasteiger partial charge in [-0.05, 0) is 41.5 Å². The number of carbonyl (C=O) groups excluding carboxylic acids is 2. The second-order valence-corrected chi connectivity index (χ2v) is 8.63. The molecule has 0 atom stereocenters. The maximum atomic E-state index is 13.0. The number of carbonyl (C=O) groups is 2. The highest BCUT2D eigenvalue weighted by atomic mass is 32.1. The summed E-state index contributed by atoms with van der Waals surface area (Å²) in [6, 6.07) is 19.5. The van der Waals surface area contributed by atoms with Crippen molar-refractivity contribution in [1.82, 2.24) is 9.21 Å². The Morgan fingerprint density at radius 2 is 1.76 bits per heavy atom.